The van der Waals surface area contributed by atoms with E-state index in [1.54, 1.807) is 6.07 Å². The minimum atomic E-state index is -0.936. The predicted octanol–water partition coefficient (Wildman–Crippen LogP) is 0.578. The van der Waals surface area contributed by atoms with Crippen LogP contribution in [0.2, 0.25) is 0 Å². The summed E-state index contributed by atoms with van der Waals surface area (Å²) in [5.41, 5.74) is 5.62. The summed E-state index contributed by atoms with van der Waals surface area (Å²) in [6.45, 7) is 1.16. The van der Waals surface area contributed by atoms with Crippen LogP contribution < -0.4 is 10.5 Å². The van der Waals surface area contributed by atoms with Crippen molar-refractivity contribution in [2.24, 2.45) is 5.73 Å². The third-order valence-electron chi connectivity index (χ3n) is 2.25. The number of carbonyl (C=O) groups excluding carboxylic acids is 3. The minimum Gasteiger partial charge on any atom is -0.459 e. The fraction of sp³-hybridized carbons (Fsp3) is 0.385. The first-order chi connectivity index (χ1) is 10.0. The number of hydrogen-bond donors (Lipinski definition) is 1. The van der Waals surface area contributed by atoms with E-state index in [2.05, 4.69) is 4.98 Å². The first-order valence-corrected chi connectivity index (χ1v) is 6.16. The van der Waals surface area contributed by atoms with Gasteiger partial charge in [0.25, 0.3) is 0 Å². The molecule has 8 nitrogen and oxygen atoms in total. The fourth-order valence-corrected chi connectivity index (χ4v) is 1.21. The number of hydrogen-bond acceptors (Lipinski definition) is 8. The molecule has 21 heavy (non-hydrogen) atoms. The molecule has 114 valence electrons. The fourth-order valence-electron chi connectivity index (χ4n) is 1.21. The molecule has 0 aliphatic rings. The van der Waals surface area contributed by atoms with Gasteiger partial charge in [0, 0.05) is 13.3 Å². The van der Waals surface area contributed by atoms with Crippen molar-refractivity contribution in [2.75, 3.05) is 13.2 Å². The van der Waals surface area contributed by atoms with E-state index in [1.165, 1.54) is 19.2 Å². The Balaban J connectivity index is 2.35. The molecule has 2 N–H and O–H groups in total. The Morgan fingerprint density at radius 2 is 2.00 bits per heavy atom. The van der Waals surface area contributed by atoms with E-state index in [-0.39, 0.29) is 37.7 Å². The van der Waals surface area contributed by atoms with Crippen molar-refractivity contribution in [1.82, 2.24) is 4.98 Å². The van der Waals surface area contributed by atoms with Crippen LogP contribution in [0.15, 0.2) is 18.3 Å². The molecule has 1 aromatic rings. The van der Waals surface area contributed by atoms with Gasteiger partial charge in [-0.1, -0.05) is 0 Å². The maximum atomic E-state index is 11.3. The summed E-state index contributed by atoms with van der Waals surface area (Å²) < 4.78 is 14.3. The van der Waals surface area contributed by atoms with Gasteiger partial charge in [-0.3, -0.25) is 14.6 Å². The molecule has 8 heteroatoms. The van der Waals surface area contributed by atoms with E-state index < -0.39 is 12.1 Å². The second-order valence-corrected chi connectivity index (χ2v) is 3.96. The normalized spacial score (nSPS) is 9.81. The lowest BCUT2D eigenvalue weighted by Crippen LogP contribution is -2.18. The zero-order valence-corrected chi connectivity index (χ0v) is 11.5. The molecule has 1 rings (SSSR count). The van der Waals surface area contributed by atoms with Gasteiger partial charge in [0.2, 0.25) is 0 Å². The zero-order valence-electron chi connectivity index (χ0n) is 11.5. The van der Waals surface area contributed by atoms with Gasteiger partial charge in [0.15, 0.2) is 5.75 Å². The highest BCUT2D eigenvalue weighted by Gasteiger charge is 2.08. The summed E-state index contributed by atoms with van der Waals surface area (Å²) in [4.78, 5) is 36.8. The molecular formula is C13H16N2O6. The molecule has 1 heterocycles. The Labute approximate surface area is 121 Å². The predicted molar refractivity (Wildman–Crippen MR) is 70.4 cm³/mol. The third kappa shape index (κ3) is 7.02. The number of esters is 1. The Kier molecular flexibility index (Phi) is 6.82. The standard InChI is InChI=1S/C13H16N2O6/c1-9(16)20-8-10-2-3-12(7-15-10)21-13(18)19-5-4-11(17)6-14/h2-3,7H,4-6,8,14H2,1H3. The number of nitrogens with zero attached hydrogens (tertiary/aromatic N) is 1. The van der Waals surface area contributed by atoms with E-state index >= 15 is 0 Å². The Morgan fingerprint density at radius 1 is 1.24 bits per heavy atom. The molecule has 0 spiro atoms. The molecule has 0 aromatic carbocycles. The number of carbonyl (C=O) groups is 3. The summed E-state index contributed by atoms with van der Waals surface area (Å²) in [5.74, 6) is -0.441. The lowest BCUT2D eigenvalue weighted by atomic mass is 10.3. The van der Waals surface area contributed by atoms with Gasteiger partial charge >= 0.3 is 12.1 Å². The van der Waals surface area contributed by atoms with Crippen LogP contribution in [0.4, 0.5) is 4.79 Å². The van der Waals surface area contributed by atoms with Crippen molar-refractivity contribution in [3.8, 4) is 5.75 Å². The van der Waals surface area contributed by atoms with E-state index in [0.717, 1.165) is 0 Å². The van der Waals surface area contributed by atoms with E-state index in [9.17, 15) is 14.4 Å². The molecule has 0 radical (unpaired) electrons. The van der Waals surface area contributed by atoms with Crippen LogP contribution in [-0.2, 0) is 25.7 Å². The summed E-state index contributed by atoms with van der Waals surface area (Å²) >= 11 is 0. The van der Waals surface area contributed by atoms with E-state index in [0.29, 0.717) is 5.69 Å². The molecule has 0 saturated carbocycles. The van der Waals surface area contributed by atoms with Crippen LogP contribution in [0, 0.1) is 0 Å². The molecule has 0 aliphatic carbocycles. The van der Waals surface area contributed by atoms with Gasteiger partial charge in [-0.15, -0.1) is 0 Å². The van der Waals surface area contributed by atoms with Crippen molar-refractivity contribution in [3.63, 3.8) is 0 Å². The number of Topliss-reactive ketones (excluding diaryl/α,β-unsaturated/α-hetero) is 1. The molecule has 0 amide bonds. The number of aromatic nitrogens is 1. The molecule has 0 saturated heterocycles. The second kappa shape index (κ2) is 8.64. The molecule has 0 fully saturated rings. The summed E-state index contributed by atoms with van der Waals surface area (Å²) in [5, 5.41) is 0. The number of rotatable bonds is 7. The number of pyridine rings is 1. The molecule has 0 unspecified atom stereocenters. The molecule has 1 aromatic heterocycles. The van der Waals surface area contributed by atoms with Crippen molar-refractivity contribution >= 4 is 17.9 Å². The highest BCUT2D eigenvalue weighted by atomic mass is 16.7. The second-order valence-electron chi connectivity index (χ2n) is 3.96. The van der Waals surface area contributed by atoms with Gasteiger partial charge in [0.05, 0.1) is 18.4 Å². The highest BCUT2D eigenvalue weighted by Crippen LogP contribution is 2.10. The van der Waals surface area contributed by atoms with Gasteiger partial charge in [0.1, 0.15) is 19.0 Å². The quantitative estimate of drug-likeness (QED) is 0.726. The lowest BCUT2D eigenvalue weighted by Gasteiger charge is -2.06. The summed E-state index contributed by atoms with van der Waals surface area (Å²) in [6, 6.07) is 3.03. The van der Waals surface area contributed by atoms with Gasteiger partial charge in [-0.05, 0) is 12.1 Å². The topological polar surface area (TPSA) is 118 Å². The Hall–Kier alpha value is -2.48. The minimum absolute atomic E-state index is 0.0429. The van der Waals surface area contributed by atoms with Crippen molar-refractivity contribution < 1.29 is 28.6 Å². The molecular weight excluding hydrogens is 280 g/mol. The van der Waals surface area contributed by atoms with Crippen LogP contribution in [0.5, 0.6) is 5.75 Å². The van der Waals surface area contributed by atoms with Gasteiger partial charge in [-0.25, -0.2) is 4.79 Å². The number of ether oxygens (including phenoxy) is 3. The van der Waals surface area contributed by atoms with Crippen molar-refractivity contribution in [1.29, 1.82) is 0 Å². The monoisotopic (exact) mass is 296 g/mol. The average molecular weight is 296 g/mol. The maximum Gasteiger partial charge on any atom is 0.513 e. The SMILES string of the molecule is CC(=O)OCc1ccc(OC(=O)OCCC(=O)CN)cn1. The zero-order chi connectivity index (χ0) is 15.7. The first kappa shape index (κ1) is 16.6. The van der Waals surface area contributed by atoms with Crippen LogP contribution in [-0.4, -0.2) is 36.0 Å². The van der Waals surface area contributed by atoms with Crippen molar-refractivity contribution in [2.45, 2.75) is 20.0 Å². The molecule has 0 atom stereocenters. The third-order valence-corrected chi connectivity index (χ3v) is 2.25. The van der Waals surface area contributed by atoms with Gasteiger partial charge < -0.3 is 19.9 Å². The van der Waals surface area contributed by atoms with Crippen molar-refractivity contribution in [3.05, 3.63) is 24.0 Å². The Bertz CT molecular complexity index is 500. The largest absolute Gasteiger partial charge is 0.513 e. The Morgan fingerprint density at radius 3 is 2.57 bits per heavy atom. The smallest absolute Gasteiger partial charge is 0.459 e. The van der Waals surface area contributed by atoms with Gasteiger partial charge in [-0.2, -0.15) is 0 Å². The average Bonchev–Trinajstić information content (AvgIpc) is 2.46. The first-order valence-electron chi connectivity index (χ1n) is 6.16. The van der Waals surface area contributed by atoms with Crippen LogP contribution in [0.1, 0.15) is 19.0 Å². The van der Waals surface area contributed by atoms with Crippen LogP contribution >= 0.6 is 0 Å². The molecule has 0 aliphatic heterocycles. The maximum absolute atomic E-state index is 11.3. The number of ketones is 1. The lowest BCUT2D eigenvalue weighted by molar-refractivity contribution is -0.142. The summed E-state index contributed by atoms with van der Waals surface area (Å²) in [6.07, 6.45) is 0.408. The van der Waals surface area contributed by atoms with E-state index in [1.807, 2.05) is 0 Å². The van der Waals surface area contributed by atoms with Crippen LogP contribution in [0.25, 0.3) is 0 Å². The summed E-state index contributed by atoms with van der Waals surface area (Å²) in [7, 11) is 0. The van der Waals surface area contributed by atoms with Crippen LogP contribution in [0.3, 0.4) is 0 Å². The highest BCUT2D eigenvalue weighted by molar-refractivity contribution is 5.80. The van der Waals surface area contributed by atoms with E-state index in [4.69, 9.17) is 19.9 Å². The number of nitrogens with two attached hydrogens (primary N) is 1. The molecule has 0 bridgehead atoms.